The van der Waals surface area contributed by atoms with E-state index in [1.54, 1.807) is 0 Å². The molecule has 0 aromatic heterocycles. The Kier molecular flexibility index (Phi) is 5.65. The van der Waals surface area contributed by atoms with E-state index >= 15 is 0 Å². The first kappa shape index (κ1) is 20.9. The van der Waals surface area contributed by atoms with E-state index in [0.717, 1.165) is 22.3 Å². The summed E-state index contributed by atoms with van der Waals surface area (Å²) in [5, 5.41) is 21.5. The molecule has 0 radical (unpaired) electrons. The highest BCUT2D eigenvalue weighted by Gasteiger charge is 2.44. The monoisotopic (exact) mass is 424 g/mol. The Labute approximate surface area is 179 Å². The molecule has 1 aliphatic carbocycles. The van der Waals surface area contributed by atoms with Gasteiger partial charge in [-0.15, -0.1) is 0 Å². The van der Waals surface area contributed by atoms with Gasteiger partial charge in [0.1, 0.15) is 6.61 Å². The van der Waals surface area contributed by atoms with Crippen molar-refractivity contribution in [3.8, 4) is 11.1 Å². The zero-order valence-electron chi connectivity index (χ0n) is 16.9. The van der Waals surface area contributed by atoms with Crippen LogP contribution in [-0.4, -0.2) is 64.9 Å². The van der Waals surface area contributed by atoms with Gasteiger partial charge in [0.05, 0.1) is 6.54 Å². The molecule has 1 saturated heterocycles. The fourth-order valence-corrected chi connectivity index (χ4v) is 4.26. The van der Waals surface area contributed by atoms with E-state index in [0.29, 0.717) is 0 Å². The number of benzene rings is 2. The number of hydrogen-bond donors (Lipinski definition) is 3. The van der Waals surface area contributed by atoms with Gasteiger partial charge in [-0.3, -0.25) is 4.79 Å². The van der Waals surface area contributed by atoms with Crippen molar-refractivity contribution in [1.29, 1.82) is 0 Å². The minimum Gasteiger partial charge on any atom is -0.479 e. The second-order valence-electron chi connectivity index (χ2n) is 7.90. The van der Waals surface area contributed by atoms with E-state index in [9.17, 15) is 19.5 Å². The fourth-order valence-electron chi connectivity index (χ4n) is 4.26. The Morgan fingerprint density at radius 1 is 1.06 bits per heavy atom. The molecular weight excluding hydrogens is 400 g/mol. The number of amides is 2. The Morgan fingerprint density at radius 2 is 1.68 bits per heavy atom. The summed E-state index contributed by atoms with van der Waals surface area (Å²) in [6.45, 7) is 0.182. The SMILES string of the molecule is O=C(NCCC(=O)N1CCC(O)(C(=O)O)C1)OCC1c2ccccc2-c2ccccc21. The number of aliphatic carboxylic acids is 1. The lowest BCUT2D eigenvalue weighted by Gasteiger charge is -2.19. The Morgan fingerprint density at radius 3 is 2.26 bits per heavy atom. The van der Waals surface area contributed by atoms with Crippen LogP contribution in [0.15, 0.2) is 48.5 Å². The van der Waals surface area contributed by atoms with Crippen LogP contribution >= 0.6 is 0 Å². The molecule has 0 saturated carbocycles. The van der Waals surface area contributed by atoms with E-state index in [4.69, 9.17) is 9.84 Å². The predicted octanol–water partition coefficient (Wildman–Crippen LogP) is 1.96. The average molecular weight is 424 g/mol. The highest BCUT2D eigenvalue weighted by molar-refractivity contribution is 5.82. The van der Waals surface area contributed by atoms with Crippen LogP contribution in [0.25, 0.3) is 11.1 Å². The Bertz CT molecular complexity index is 977. The Hall–Kier alpha value is -3.39. The van der Waals surface area contributed by atoms with E-state index in [1.807, 2.05) is 36.4 Å². The van der Waals surface area contributed by atoms with Crippen molar-refractivity contribution >= 4 is 18.0 Å². The molecule has 2 aliphatic rings. The molecule has 2 aromatic rings. The van der Waals surface area contributed by atoms with Gasteiger partial charge >= 0.3 is 12.1 Å². The molecule has 1 fully saturated rings. The van der Waals surface area contributed by atoms with Crippen LogP contribution in [0.1, 0.15) is 29.9 Å². The van der Waals surface area contributed by atoms with Gasteiger partial charge < -0.3 is 25.2 Å². The third-order valence-electron chi connectivity index (χ3n) is 5.95. The topological polar surface area (TPSA) is 116 Å². The maximum Gasteiger partial charge on any atom is 0.407 e. The molecule has 0 bridgehead atoms. The quantitative estimate of drug-likeness (QED) is 0.653. The zero-order valence-corrected chi connectivity index (χ0v) is 16.9. The first-order chi connectivity index (χ1) is 14.9. The molecule has 1 unspecified atom stereocenters. The van der Waals surface area contributed by atoms with E-state index in [1.165, 1.54) is 4.90 Å². The van der Waals surface area contributed by atoms with Gasteiger partial charge in [-0.2, -0.15) is 0 Å². The number of hydrogen-bond acceptors (Lipinski definition) is 5. The van der Waals surface area contributed by atoms with E-state index < -0.39 is 17.7 Å². The Balaban J connectivity index is 1.26. The maximum atomic E-state index is 12.2. The number of likely N-dealkylation sites (tertiary alicyclic amines) is 1. The van der Waals surface area contributed by atoms with Crippen LogP contribution < -0.4 is 5.32 Å². The summed E-state index contributed by atoms with van der Waals surface area (Å²) in [7, 11) is 0. The van der Waals surface area contributed by atoms with Crippen molar-refractivity contribution in [2.24, 2.45) is 0 Å². The van der Waals surface area contributed by atoms with Crippen molar-refractivity contribution in [2.45, 2.75) is 24.4 Å². The molecule has 1 atom stereocenters. The second-order valence-corrected chi connectivity index (χ2v) is 7.90. The van der Waals surface area contributed by atoms with E-state index in [-0.39, 0.29) is 50.9 Å². The first-order valence-corrected chi connectivity index (χ1v) is 10.2. The third kappa shape index (κ3) is 4.11. The summed E-state index contributed by atoms with van der Waals surface area (Å²) < 4.78 is 5.42. The van der Waals surface area contributed by atoms with Crippen LogP contribution in [-0.2, 0) is 14.3 Å². The summed E-state index contributed by atoms with van der Waals surface area (Å²) in [6, 6.07) is 16.1. The highest BCUT2D eigenvalue weighted by Crippen LogP contribution is 2.44. The van der Waals surface area contributed by atoms with Crippen LogP contribution in [0.3, 0.4) is 0 Å². The molecule has 2 aromatic carbocycles. The van der Waals surface area contributed by atoms with Crippen LogP contribution in [0.5, 0.6) is 0 Å². The summed E-state index contributed by atoms with van der Waals surface area (Å²) in [5.74, 6) is -1.70. The summed E-state index contributed by atoms with van der Waals surface area (Å²) in [6.07, 6.45) is -0.619. The van der Waals surface area contributed by atoms with E-state index in [2.05, 4.69) is 17.4 Å². The smallest absolute Gasteiger partial charge is 0.407 e. The summed E-state index contributed by atoms with van der Waals surface area (Å²) >= 11 is 0. The molecule has 2 amide bonds. The number of nitrogens with zero attached hydrogens (tertiary/aromatic N) is 1. The molecule has 1 heterocycles. The molecule has 4 rings (SSSR count). The molecule has 162 valence electrons. The van der Waals surface area contributed by atoms with Crippen LogP contribution in [0.4, 0.5) is 4.79 Å². The number of ether oxygens (including phenoxy) is 1. The number of nitrogens with one attached hydrogen (secondary N) is 1. The summed E-state index contributed by atoms with van der Waals surface area (Å²) in [4.78, 5) is 36.7. The fraction of sp³-hybridized carbons (Fsp3) is 0.348. The largest absolute Gasteiger partial charge is 0.479 e. The number of carbonyl (C=O) groups excluding carboxylic acids is 2. The maximum absolute atomic E-state index is 12.2. The lowest BCUT2D eigenvalue weighted by Crippen LogP contribution is -2.43. The number of alkyl carbamates (subject to hydrolysis) is 1. The predicted molar refractivity (Wildman–Crippen MR) is 111 cm³/mol. The van der Waals surface area contributed by atoms with Crippen molar-refractivity contribution in [3.63, 3.8) is 0 Å². The number of carboxylic acids is 1. The third-order valence-corrected chi connectivity index (χ3v) is 5.95. The van der Waals surface area contributed by atoms with Gasteiger partial charge in [0.2, 0.25) is 5.91 Å². The van der Waals surface area contributed by atoms with Crippen LogP contribution in [0, 0.1) is 0 Å². The van der Waals surface area contributed by atoms with Crippen molar-refractivity contribution in [3.05, 3.63) is 59.7 Å². The van der Waals surface area contributed by atoms with Gasteiger partial charge in [0.25, 0.3) is 0 Å². The van der Waals surface area contributed by atoms with Gasteiger partial charge in [-0.1, -0.05) is 48.5 Å². The standard InChI is InChI=1S/C23H24N2O6/c26-20(25-12-10-23(30,14-25)21(27)28)9-11-24-22(29)31-13-19-17-7-3-1-5-15(17)16-6-2-4-8-18(16)19/h1-8,19,30H,9-14H2,(H,24,29)(H,27,28). The molecule has 31 heavy (non-hydrogen) atoms. The lowest BCUT2D eigenvalue weighted by atomic mass is 9.98. The van der Waals surface area contributed by atoms with Crippen molar-refractivity contribution in [2.75, 3.05) is 26.2 Å². The summed E-state index contributed by atoms with van der Waals surface area (Å²) in [5.41, 5.74) is 2.63. The molecule has 8 nitrogen and oxygen atoms in total. The number of aliphatic hydroxyl groups is 1. The number of fused-ring (bicyclic) bond motifs is 3. The average Bonchev–Trinajstić information content (AvgIpc) is 3.32. The minimum atomic E-state index is -1.89. The highest BCUT2D eigenvalue weighted by atomic mass is 16.5. The number of rotatable bonds is 6. The van der Waals surface area contributed by atoms with Gasteiger partial charge in [0, 0.05) is 31.8 Å². The minimum absolute atomic E-state index is 0.000105. The second kappa shape index (κ2) is 8.39. The molecular formula is C23H24N2O6. The van der Waals surface area contributed by atoms with Gasteiger partial charge in [-0.05, 0) is 22.3 Å². The molecule has 8 heteroatoms. The van der Waals surface area contributed by atoms with Crippen molar-refractivity contribution < 1.29 is 29.3 Å². The van der Waals surface area contributed by atoms with Gasteiger partial charge in [0.15, 0.2) is 5.60 Å². The normalized spacial score (nSPS) is 19.6. The number of carbonyl (C=O) groups is 3. The lowest BCUT2D eigenvalue weighted by molar-refractivity contribution is -0.157. The molecule has 0 spiro atoms. The number of β-amino-alcohol motifs (C(OH)–C–C–N with tert-alkyl or cyclic N) is 1. The first-order valence-electron chi connectivity index (χ1n) is 10.2. The number of carboxylic acid groups (broad SMARTS) is 1. The van der Waals surface area contributed by atoms with Crippen LogP contribution in [0.2, 0.25) is 0 Å². The van der Waals surface area contributed by atoms with Gasteiger partial charge in [-0.25, -0.2) is 9.59 Å². The molecule has 3 N–H and O–H groups in total. The molecule has 1 aliphatic heterocycles. The zero-order chi connectivity index (χ0) is 22.0. The van der Waals surface area contributed by atoms with Crippen molar-refractivity contribution in [1.82, 2.24) is 10.2 Å².